The van der Waals surface area contributed by atoms with E-state index in [1.807, 2.05) is 13.9 Å². The monoisotopic (exact) mass is 264 g/mol. The molecular formula is C18H21BO. The van der Waals surface area contributed by atoms with E-state index in [1.165, 1.54) is 53.1 Å². The van der Waals surface area contributed by atoms with Crippen molar-refractivity contribution in [2.45, 2.75) is 45.3 Å². The average molecular weight is 264 g/mol. The molecule has 2 aromatic rings. The number of ketones is 1. The van der Waals surface area contributed by atoms with Crippen LogP contribution >= 0.6 is 0 Å². The average Bonchev–Trinajstić information content (AvgIpc) is 2.52. The SMILES string of the molecule is BCC(=O)c1ccc2c3c(cc(CC)c2c1)CCCC3. The Labute approximate surface area is 121 Å². The smallest absolute Gasteiger partial charge is 0.155 e. The van der Waals surface area contributed by atoms with Gasteiger partial charge in [-0.25, -0.2) is 0 Å². The Balaban J connectivity index is 2.26. The van der Waals surface area contributed by atoms with E-state index in [0.29, 0.717) is 6.32 Å². The molecule has 0 unspecified atom stereocenters. The summed E-state index contributed by atoms with van der Waals surface area (Å²) < 4.78 is 0. The van der Waals surface area contributed by atoms with E-state index in [9.17, 15) is 4.79 Å². The van der Waals surface area contributed by atoms with E-state index in [-0.39, 0.29) is 5.78 Å². The van der Waals surface area contributed by atoms with Crippen LogP contribution in [-0.4, -0.2) is 13.6 Å². The molecule has 1 aliphatic rings. The van der Waals surface area contributed by atoms with Gasteiger partial charge in [0.15, 0.2) is 5.78 Å². The van der Waals surface area contributed by atoms with Crippen molar-refractivity contribution < 1.29 is 4.79 Å². The molecule has 0 amide bonds. The van der Waals surface area contributed by atoms with E-state index in [0.717, 1.165) is 12.0 Å². The normalized spacial score (nSPS) is 14.2. The predicted octanol–water partition coefficient (Wildman–Crippen LogP) is 3.52. The lowest BCUT2D eigenvalue weighted by Gasteiger charge is -2.20. The third kappa shape index (κ3) is 2.17. The van der Waals surface area contributed by atoms with Gasteiger partial charge < -0.3 is 0 Å². The van der Waals surface area contributed by atoms with Crippen molar-refractivity contribution >= 4 is 24.4 Å². The van der Waals surface area contributed by atoms with Gasteiger partial charge in [-0.2, -0.15) is 0 Å². The summed E-state index contributed by atoms with van der Waals surface area (Å²) in [6, 6.07) is 8.70. The van der Waals surface area contributed by atoms with Crippen LogP contribution in [0.1, 0.15) is 46.8 Å². The third-order valence-electron chi connectivity index (χ3n) is 4.57. The van der Waals surface area contributed by atoms with Crippen molar-refractivity contribution in [3.05, 3.63) is 46.5 Å². The Morgan fingerprint density at radius 2 is 1.95 bits per heavy atom. The molecule has 2 aromatic carbocycles. The molecule has 2 heteroatoms. The van der Waals surface area contributed by atoms with Crippen LogP contribution in [0.2, 0.25) is 6.32 Å². The van der Waals surface area contributed by atoms with Gasteiger partial charge in [0.05, 0.1) is 0 Å². The molecule has 0 spiro atoms. The van der Waals surface area contributed by atoms with Gasteiger partial charge in [0.25, 0.3) is 0 Å². The molecule has 0 radical (unpaired) electrons. The zero-order chi connectivity index (χ0) is 14.1. The number of hydrogen-bond acceptors (Lipinski definition) is 1. The first-order valence-corrected chi connectivity index (χ1v) is 7.85. The number of aryl methyl sites for hydroxylation is 3. The summed E-state index contributed by atoms with van der Waals surface area (Å²) in [6.07, 6.45) is 6.63. The standard InChI is InChI=1S/C18H21BO/c1-2-12-9-13-5-3-4-6-15(13)16-8-7-14(10-17(12)16)18(20)11-19/h7-10H,2-6,11,19H2,1H3. The summed E-state index contributed by atoms with van der Waals surface area (Å²) in [5.41, 5.74) is 5.32. The number of fused-ring (bicyclic) bond motifs is 3. The molecule has 1 aliphatic carbocycles. The van der Waals surface area contributed by atoms with Gasteiger partial charge in [-0.1, -0.05) is 25.1 Å². The van der Waals surface area contributed by atoms with Crippen molar-refractivity contribution in [1.82, 2.24) is 0 Å². The van der Waals surface area contributed by atoms with Crippen LogP contribution in [0, 0.1) is 0 Å². The fourth-order valence-electron chi connectivity index (χ4n) is 3.43. The molecule has 0 atom stereocenters. The first-order valence-electron chi connectivity index (χ1n) is 7.85. The van der Waals surface area contributed by atoms with Crippen molar-refractivity contribution in [2.24, 2.45) is 0 Å². The topological polar surface area (TPSA) is 17.1 Å². The van der Waals surface area contributed by atoms with E-state index >= 15 is 0 Å². The van der Waals surface area contributed by atoms with Gasteiger partial charge in [-0.15, -0.1) is 0 Å². The lowest BCUT2D eigenvalue weighted by molar-refractivity contribution is 0.101. The summed E-state index contributed by atoms with van der Waals surface area (Å²) in [4.78, 5) is 11.9. The molecule has 1 nitrogen and oxygen atoms in total. The van der Waals surface area contributed by atoms with Crippen LogP contribution in [0.25, 0.3) is 10.8 Å². The van der Waals surface area contributed by atoms with Crippen LogP contribution in [0.15, 0.2) is 24.3 Å². The Kier molecular flexibility index (Phi) is 3.65. The van der Waals surface area contributed by atoms with Gasteiger partial charge in [0.2, 0.25) is 0 Å². The highest BCUT2D eigenvalue weighted by Gasteiger charge is 2.16. The number of Topliss-reactive ketones (excluding diaryl/α,β-unsaturated/α-hetero) is 1. The molecule has 0 saturated heterocycles. The second-order valence-corrected chi connectivity index (χ2v) is 5.77. The molecule has 102 valence electrons. The lowest BCUT2D eigenvalue weighted by Crippen LogP contribution is -2.06. The highest BCUT2D eigenvalue weighted by atomic mass is 16.1. The summed E-state index contributed by atoms with van der Waals surface area (Å²) >= 11 is 0. The number of carbonyl (C=O) groups is 1. The quantitative estimate of drug-likeness (QED) is 0.612. The maximum atomic E-state index is 11.9. The Morgan fingerprint density at radius 3 is 2.70 bits per heavy atom. The minimum atomic E-state index is 0.242. The Bertz CT molecular complexity index is 673. The maximum absolute atomic E-state index is 11.9. The number of benzene rings is 2. The molecule has 0 bridgehead atoms. The second kappa shape index (κ2) is 5.44. The highest BCUT2D eigenvalue weighted by Crippen LogP contribution is 2.32. The first kappa shape index (κ1) is 13.4. The van der Waals surface area contributed by atoms with Crippen LogP contribution in [0.4, 0.5) is 0 Å². The fourth-order valence-corrected chi connectivity index (χ4v) is 3.43. The molecule has 0 aromatic heterocycles. The molecule has 0 N–H and O–H groups in total. The first-order chi connectivity index (χ1) is 9.74. The summed E-state index contributed by atoms with van der Waals surface area (Å²) in [7, 11) is 1.93. The lowest BCUT2D eigenvalue weighted by atomic mass is 9.84. The molecule has 0 fully saturated rings. The molecule has 3 rings (SSSR count). The minimum absolute atomic E-state index is 0.242. The molecule has 0 saturated carbocycles. The van der Waals surface area contributed by atoms with Gasteiger partial charge in [-0.05, 0) is 72.0 Å². The van der Waals surface area contributed by atoms with Gasteiger partial charge in [-0.3, -0.25) is 4.79 Å². The van der Waals surface area contributed by atoms with E-state index in [1.54, 1.807) is 0 Å². The van der Waals surface area contributed by atoms with E-state index in [4.69, 9.17) is 0 Å². The fraction of sp³-hybridized carbons (Fsp3) is 0.389. The van der Waals surface area contributed by atoms with Crippen LogP contribution in [-0.2, 0) is 19.3 Å². The maximum Gasteiger partial charge on any atom is 0.155 e. The molecule has 20 heavy (non-hydrogen) atoms. The van der Waals surface area contributed by atoms with Crippen molar-refractivity contribution in [1.29, 1.82) is 0 Å². The van der Waals surface area contributed by atoms with Crippen molar-refractivity contribution in [3.8, 4) is 0 Å². The highest BCUT2D eigenvalue weighted by molar-refractivity contribution is 6.24. The summed E-state index contributed by atoms with van der Waals surface area (Å²) in [5, 5.41) is 2.68. The second-order valence-electron chi connectivity index (χ2n) is 5.77. The van der Waals surface area contributed by atoms with Gasteiger partial charge in [0, 0.05) is 5.56 Å². The third-order valence-corrected chi connectivity index (χ3v) is 4.57. The van der Waals surface area contributed by atoms with Crippen LogP contribution < -0.4 is 0 Å². The summed E-state index contributed by atoms with van der Waals surface area (Å²) in [5.74, 6) is 0.242. The number of carbonyl (C=O) groups excluding carboxylic acids is 1. The largest absolute Gasteiger partial charge is 0.295 e. The van der Waals surface area contributed by atoms with Crippen molar-refractivity contribution in [2.75, 3.05) is 0 Å². The number of rotatable bonds is 3. The predicted molar refractivity (Wildman–Crippen MR) is 87.6 cm³/mol. The molecule has 0 aliphatic heterocycles. The zero-order valence-corrected chi connectivity index (χ0v) is 12.5. The Morgan fingerprint density at radius 1 is 1.15 bits per heavy atom. The summed E-state index contributed by atoms with van der Waals surface area (Å²) in [6.45, 7) is 2.21. The van der Waals surface area contributed by atoms with Crippen LogP contribution in [0.5, 0.6) is 0 Å². The van der Waals surface area contributed by atoms with Gasteiger partial charge >= 0.3 is 0 Å². The molecule has 0 heterocycles. The zero-order valence-electron chi connectivity index (χ0n) is 12.5. The van der Waals surface area contributed by atoms with E-state index in [2.05, 4.69) is 25.1 Å². The molecular weight excluding hydrogens is 243 g/mol. The Hall–Kier alpha value is -1.57. The van der Waals surface area contributed by atoms with Crippen LogP contribution in [0.3, 0.4) is 0 Å². The van der Waals surface area contributed by atoms with Crippen molar-refractivity contribution in [3.63, 3.8) is 0 Å². The number of hydrogen-bond donors (Lipinski definition) is 0. The minimum Gasteiger partial charge on any atom is -0.295 e. The van der Waals surface area contributed by atoms with Gasteiger partial charge in [0.1, 0.15) is 7.85 Å². The van der Waals surface area contributed by atoms with E-state index < -0.39 is 0 Å².